The summed E-state index contributed by atoms with van der Waals surface area (Å²) in [7, 11) is 0. The normalized spacial score (nSPS) is 14.0. The van der Waals surface area contributed by atoms with Crippen molar-refractivity contribution < 1.29 is 0 Å². The van der Waals surface area contributed by atoms with Gasteiger partial charge in [-0.2, -0.15) is 0 Å². The molecule has 0 aliphatic rings. The van der Waals surface area contributed by atoms with Gasteiger partial charge in [-0.15, -0.1) is 0 Å². The van der Waals surface area contributed by atoms with Gasteiger partial charge in [0.2, 0.25) is 0 Å². The van der Waals surface area contributed by atoms with E-state index in [4.69, 9.17) is 23.2 Å². The Balaban J connectivity index is 3.68. The Bertz CT molecular complexity index is 59.6. The molecule has 0 amide bonds. The fourth-order valence-electron chi connectivity index (χ4n) is 0. The van der Waals surface area contributed by atoms with Crippen molar-refractivity contribution in [1.29, 1.82) is 0 Å². The van der Waals surface area contributed by atoms with Crippen molar-refractivity contribution in [1.82, 2.24) is 0 Å². The monoisotopic (exact) mass is 252 g/mol. The van der Waals surface area contributed by atoms with Gasteiger partial charge >= 0.3 is 0 Å². The maximum absolute atomic E-state index is 5.23. The van der Waals surface area contributed by atoms with Gasteiger partial charge in [0.15, 0.2) is 0 Å². The minimum Gasteiger partial charge on any atom is -0.0739 e. The smallest absolute Gasteiger partial charge is 0.0739 e. The lowest BCUT2D eigenvalue weighted by Crippen LogP contribution is -1.45. The molecule has 0 N–H and O–H groups in total. The van der Waals surface area contributed by atoms with E-state index in [2.05, 4.69) is 31.9 Å². The summed E-state index contributed by atoms with van der Waals surface area (Å²) >= 11 is 16.3. The van der Waals surface area contributed by atoms with E-state index in [9.17, 15) is 0 Å². The van der Waals surface area contributed by atoms with Crippen LogP contribution in [0.1, 0.15) is 0 Å². The van der Waals surface area contributed by atoms with Crippen LogP contribution in [-0.2, 0) is 0 Å². The zero-order valence-corrected chi connectivity index (χ0v) is 7.20. The van der Waals surface area contributed by atoms with E-state index < -0.39 is 0 Å². The summed E-state index contributed by atoms with van der Waals surface area (Å²) in [4.78, 5) is 0. The lowest BCUT2D eigenvalue weighted by molar-refractivity contribution is 2.37. The van der Waals surface area contributed by atoms with E-state index in [0.29, 0.717) is 7.88 Å². The maximum Gasteiger partial charge on any atom is 0.109 e. The zero-order valence-electron chi connectivity index (χ0n) is 2.51. The van der Waals surface area contributed by atoms with Gasteiger partial charge in [0.1, 0.15) is 7.88 Å². The van der Waals surface area contributed by atoms with Crippen molar-refractivity contribution in [3.05, 3.63) is 7.88 Å². The molecule has 0 atom stereocenters. The highest BCUT2D eigenvalue weighted by Crippen LogP contribution is 2.23. The van der Waals surface area contributed by atoms with E-state index in [1.165, 1.54) is 0 Å². The molecule has 36 valence electrons. The molecule has 0 aliphatic heterocycles. The largest absolute Gasteiger partial charge is 0.109 e. The molecule has 0 aromatic carbocycles. The summed E-state index contributed by atoms with van der Waals surface area (Å²) in [6.45, 7) is 0. The van der Waals surface area contributed by atoms with E-state index in [1.54, 1.807) is 0 Å². The van der Waals surface area contributed by atoms with Crippen molar-refractivity contribution in [2.24, 2.45) is 0 Å². The van der Waals surface area contributed by atoms with Crippen LogP contribution in [0, 0.1) is 0 Å². The summed E-state index contributed by atoms with van der Waals surface area (Å²) in [6, 6.07) is 0. The van der Waals surface area contributed by atoms with Crippen molar-refractivity contribution in [3.63, 3.8) is 0 Å². The Labute approximate surface area is 62.8 Å². The molecule has 0 rings (SSSR count). The van der Waals surface area contributed by atoms with Gasteiger partial charge < -0.3 is 0 Å². The van der Waals surface area contributed by atoms with Crippen LogP contribution in [-0.4, -0.2) is 0 Å². The average molecular weight is 255 g/mol. The first-order valence-electron chi connectivity index (χ1n) is 1.01. The number of halogens is 4. The lowest BCUT2D eigenvalue weighted by Gasteiger charge is -1.77. The molecule has 0 fully saturated rings. The fraction of sp³-hybridized carbons (Fsp3) is 0. The molecule has 0 nitrogen and oxygen atoms in total. The Kier molecular flexibility index (Phi) is 4.01. The van der Waals surface area contributed by atoms with Crippen LogP contribution in [0.15, 0.2) is 7.88 Å². The molecule has 0 saturated carbocycles. The standard InChI is InChI=1S/C2Br2Cl2/c3-1(5)2(4)6/b2-1+. The average Bonchev–Trinajstić information content (AvgIpc) is 1.36. The molecule has 0 bridgehead atoms. The molecule has 0 unspecified atom stereocenters. The summed E-state index contributed by atoms with van der Waals surface area (Å²) in [5, 5.41) is 0. The van der Waals surface area contributed by atoms with Crippen LogP contribution in [0.2, 0.25) is 0 Å². The molecule has 0 aromatic rings. The first-order valence-corrected chi connectivity index (χ1v) is 3.35. The molecule has 0 aliphatic carbocycles. The van der Waals surface area contributed by atoms with Crippen LogP contribution in [0.25, 0.3) is 0 Å². The van der Waals surface area contributed by atoms with Crippen LogP contribution >= 0.6 is 55.1 Å². The minimum atomic E-state index is 0.393. The third-order valence-corrected chi connectivity index (χ3v) is 2.40. The Hall–Kier alpha value is 1.28. The van der Waals surface area contributed by atoms with Crippen molar-refractivity contribution in [2.75, 3.05) is 0 Å². The van der Waals surface area contributed by atoms with Crippen LogP contribution < -0.4 is 0 Å². The first-order chi connectivity index (χ1) is 2.64. The molecule has 0 spiro atoms. The number of hydrogen-bond donors (Lipinski definition) is 0. The van der Waals surface area contributed by atoms with E-state index >= 15 is 0 Å². The lowest BCUT2D eigenvalue weighted by atomic mass is 11.2. The van der Waals surface area contributed by atoms with Crippen molar-refractivity contribution in [3.8, 4) is 0 Å². The second-order valence-corrected chi connectivity index (χ2v) is 3.78. The van der Waals surface area contributed by atoms with Gasteiger partial charge in [-0.3, -0.25) is 0 Å². The molecule has 6 heavy (non-hydrogen) atoms. The second kappa shape index (κ2) is 3.30. The Morgan fingerprint density at radius 1 is 1.00 bits per heavy atom. The van der Waals surface area contributed by atoms with E-state index in [0.717, 1.165) is 0 Å². The highest BCUT2D eigenvalue weighted by atomic mass is 79.9. The Morgan fingerprint density at radius 2 is 1.17 bits per heavy atom. The topological polar surface area (TPSA) is 0 Å². The minimum absolute atomic E-state index is 0.393. The molecular formula is C2Br2Cl2. The third kappa shape index (κ3) is 3.47. The van der Waals surface area contributed by atoms with Gasteiger partial charge in [-0.25, -0.2) is 0 Å². The summed E-state index contributed by atoms with van der Waals surface area (Å²) < 4.78 is 0.785. The predicted octanol–water partition coefficient (Wildman–Crippen LogP) is 3.38. The quantitative estimate of drug-likeness (QED) is 0.622. The highest BCUT2D eigenvalue weighted by molar-refractivity contribution is 9.15. The van der Waals surface area contributed by atoms with E-state index in [-0.39, 0.29) is 0 Å². The molecule has 0 heterocycles. The van der Waals surface area contributed by atoms with Crippen molar-refractivity contribution >= 4 is 55.1 Å². The maximum atomic E-state index is 5.23. The van der Waals surface area contributed by atoms with Crippen molar-refractivity contribution in [2.45, 2.75) is 0 Å². The van der Waals surface area contributed by atoms with Gasteiger partial charge in [0, 0.05) is 0 Å². The SMILES string of the molecule is Cl/C(Br)=C(/Cl)Br. The van der Waals surface area contributed by atoms with E-state index in [1.807, 2.05) is 0 Å². The molecule has 0 saturated heterocycles. The summed E-state index contributed by atoms with van der Waals surface area (Å²) in [6.07, 6.45) is 0. The predicted molar refractivity (Wildman–Crippen MR) is 36.6 cm³/mol. The zero-order chi connectivity index (χ0) is 5.15. The molecule has 4 heteroatoms. The molecular weight excluding hydrogens is 255 g/mol. The van der Waals surface area contributed by atoms with Crippen LogP contribution in [0.3, 0.4) is 0 Å². The number of rotatable bonds is 0. The van der Waals surface area contributed by atoms with Gasteiger partial charge in [0.05, 0.1) is 0 Å². The van der Waals surface area contributed by atoms with Gasteiger partial charge in [0.25, 0.3) is 0 Å². The van der Waals surface area contributed by atoms with Crippen LogP contribution in [0.5, 0.6) is 0 Å². The molecule has 0 aromatic heterocycles. The summed E-state index contributed by atoms with van der Waals surface area (Å²) in [5.41, 5.74) is 0. The van der Waals surface area contributed by atoms with Crippen LogP contribution in [0.4, 0.5) is 0 Å². The Morgan fingerprint density at radius 3 is 1.17 bits per heavy atom. The highest BCUT2D eigenvalue weighted by Gasteiger charge is 1.86. The second-order valence-electron chi connectivity index (χ2n) is 0.521. The van der Waals surface area contributed by atoms with Gasteiger partial charge in [-0.1, -0.05) is 23.2 Å². The third-order valence-electron chi connectivity index (χ3n) is 0.143. The summed E-state index contributed by atoms with van der Waals surface area (Å²) in [5.74, 6) is 0. The first kappa shape index (κ1) is 7.28. The molecule has 0 radical (unpaired) electrons. The fourth-order valence-corrected chi connectivity index (χ4v) is 0. The number of hydrogen-bond acceptors (Lipinski definition) is 0. The van der Waals surface area contributed by atoms with Gasteiger partial charge in [-0.05, 0) is 31.9 Å².